The Bertz CT molecular complexity index is 448. The fourth-order valence-electron chi connectivity index (χ4n) is 2.33. The maximum absolute atomic E-state index is 13.7. The van der Waals surface area contributed by atoms with Crippen molar-refractivity contribution in [3.05, 3.63) is 46.8 Å². The van der Waals surface area contributed by atoms with Crippen molar-refractivity contribution in [2.24, 2.45) is 5.84 Å². The minimum Gasteiger partial charge on any atom is -0.271 e. The van der Waals surface area contributed by atoms with Crippen molar-refractivity contribution in [1.82, 2.24) is 5.43 Å². The summed E-state index contributed by atoms with van der Waals surface area (Å²) in [6.45, 7) is 0. The Morgan fingerprint density at radius 2 is 1.78 bits per heavy atom. The van der Waals surface area contributed by atoms with Gasteiger partial charge in [0, 0.05) is 17.7 Å². The third kappa shape index (κ3) is 2.57. The Hall–Kier alpha value is -1.33. The number of hydrogen-bond donors (Lipinski definition) is 2. The molecule has 0 aromatic heterocycles. The maximum atomic E-state index is 13.7. The Morgan fingerprint density at radius 1 is 1.11 bits per heavy atom. The highest BCUT2D eigenvalue weighted by molar-refractivity contribution is 5.31. The molecule has 0 aliphatic heterocycles. The van der Waals surface area contributed by atoms with Crippen LogP contribution >= 0.6 is 0 Å². The van der Waals surface area contributed by atoms with Crippen molar-refractivity contribution in [2.75, 3.05) is 0 Å². The molecule has 1 atom stereocenters. The summed E-state index contributed by atoms with van der Waals surface area (Å²) in [5.41, 5.74) is 3.06. The third-order valence-corrected chi connectivity index (χ3v) is 3.20. The first-order valence-corrected chi connectivity index (χ1v) is 5.93. The smallest absolute Gasteiger partial charge is 0.134 e. The van der Waals surface area contributed by atoms with Gasteiger partial charge in [0.1, 0.15) is 17.5 Å². The lowest BCUT2D eigenvalue weighted by Crippen LogP contribution is -2.31. The van der Waals surface area contributed by atoms with Gasteiger partial charge in [-0.15, -0.1) is 0 Å². The zero-order valence-electron chi connectivity index (χ0n) is 9.85. The Morgan fingerprint density at radius 3 is 2.28 bits per heavy atom. The molecule has 0 heterocycles. The summed E-state index contributed by atoms with van der Waals surface area (Å²) in [5, 5.41) is 0. The predicted molar refractivity (Wildman–Crippen MR) is 62.9 cm³/mol. The van der Waals surface area contributed by atoms with Crippen LogP contribution in [0.4, 0.5) is 13.2 Å². The van der Waals surface area contributed by atoms with Gasteiger partial charge in [0.15, 0.2) is 0 Å². The molecule has 1 aromatic rings. The molecule has 0 spiro atoms. The van der Waals surface area contributed by atoms with Crippen LogP contribution in [0.15, 0.2) is 23.8 Å². The highest BCUT2D eigenvalue weighted by Gasteiger charge is 2.24. The van der Waals surface area contributed by atoms with E-state index in [-0.39, 0.29) is 5.56 Å². The maximum Gasteiger partial charge on any atom is 0.134 e. The van der Waals surface area contributed by atoms with E-state index in [1.54, 1.807) is 0 Å². The van der Waals surface area contributed by atoms with Crippen LogP contribution in [0.2, 0.25) is 0 Å². The molecular formula is C13H15F3N2. The Balaban J connectivity index is 2.41. The van der Waals surface area contributed by atoms with Crippen LogP contribution in [-0.4, -0.2) is 0 Å². The molecule has 0 fully saturated rings. The molecule has 0 radical (unpaired) electrons. The van der Waals surface area contributed by atoms with Gasteiger partial charge in [0.25, 0.3) is 0 Å². The van der Waals surface area contributed by atoms with Gasteiger partial charge in [-0.2, -0.15) is 0 Å². The molecular weight excluding hydrogens is 241 g/mol. The Labute approximate surface area is 104 Å². The van der Waals surface area contributed by atoms with Crippen molar-refractivity contribution in [1.29, 1.82) is 0 Å². The second-order valence-corrected chi connectivity index (χ2v) is 4.41. The zero-order valence-corrected chi connectivity index (χ0v) is 9.85. The molecule has 1 unspecified atom stereocenters. The lowest BCUT2D eigenvalue weighted by molar-refractivity contribution is 0.477. The third-order valence-electron chi connectivity index (χ3n) is 3.20. The number of nitrogens with one attached hydrogen (secondary N) is 1. The van der Waals surface area contributed by atoms with Gasteiger partial charge in [-0.05, 0) is 25.7 Å². The second kappa shape index (κ2) is 5.54. The molecule has 0 bridgehead atoms. The number of nitrogens with two attached hydrogens (primary N) is 1. The van der Waals surface area contributed by atoms with E-state index in [0.29, 0.717) is 12.1 Å². The van der Waals surface area contributed by atoms with E-state index >= 15 is 0 Å². The number of allylic oxidation sites excluding steroid dienone is 1. The van der Waals surface area contributed by atoms with Gasteiger partial charge in [-0.1, -0.05) is 11.6 Å². The summed E-state index contributed by atoms with van der Waals surface area (Å²) in [5.74, 6) is 2.64. The van der Waals surface area contributed by atoms with Gasteiger partial charge in [-0.3, -0.25) is 5.84 Å². The van der Waals surface area contributed by atoms with Crippen LogP contribution in [-0.2, 0) is 0 Å². The fraction of sp³-hybridized carbons (Fsp3) is 0.385. The van der Waals surface area contributed by atoms with Crippen LogP contribution in [0.25, 0.3) is 0 Å². The molecule has 1 aromatic carbocycles. The number of hydrazine groups is 1. The van der Waals surface area contributed by atoms with E-state index in [2.05, 4.69) is 5.43 Å². The summed E-state index contributed by atoms with van der Waals surface area (Å²) in [7, 11) is 0. The van der Waals surface area contributed by atoms with Crippen LogP contribution in [0.5, 0.6) is 0 Å². The van der Waals surface area contributed by atoms with Crippen molar-refractivity contribution in [3.63, 3.8) is 0 Å². The summed E-state index contributed by atoms with van der Waals surface area (Å²) in [6.07, 6.45) is 5.59. The summed E-state index contributed by atoms with van der Waals surface area (Å²) in [6, 6.07) is 0.615. The van der Waals surface area contributed by atoms with E-state index in [0.717, 1.165) is 31.3 Å². The second-order valence-electron chi connectivity index (χ2n) is 4.41. The average molecular weight is 256 g/mol. The van der Waals surface area contributed by atoms with E-state index in [9.17, 15) is 13.2 Å². The minimum absolute atomic E-state index is 0.216. The quantitative estimate of drug-likeness (QED) is 0.495. The van der Waals surface area contributed by atoms with Gasteiger partial charge < -0.3 is 0 Å². The molecule has 1 aliphatic rings. The van der Waals surface area contributed by atoms with E-state index in [1.807, 2.05) is 6.08 Å². The average Bonchev–Trinajstić information content (AvgIpc) is 2.34. The van der Waals surface area contributed by atoms with E-state index in [4.69, 9.17) is 5.84 Å². The van der Waals surface area contributed by atoms with Crippen molar-refractivity contribution >= 4 is 0 Å². The molecule has 98 valence electrons. The summed E-state index contributed by atoms with van der Waals surface area (Å²) in [4.78, 5) is 0. The first kappa shape index (κ1) is 13.1. The molecule has 0 amide bonds. The van der Waals surface area contributed by atoms with E-state index < -0.39 is 23.5 Å². The topological polar surface area (TPSA) is 38.0 Å². The number of hydrogen-bond acceptors (Lipinski definition) is 2. The first-order chi connectivity index (χ1) is 8.63. The highest BCUT2D eigenvalue weighted by Crippen LogP contribution is 2.32. The molecule has 5 heteroatoms. The number of halogens is 3. The van der Waals surface area contributed by atoms with Crippen LogP contribution in [0, 0.1) is 17.5 Å². The number of benzene rings is 1. The highest BCUT2D eigenvalue weighted by atomic mass is 19.1. The number of rotatable bonds is 3. The van der Waals surface area contributed by atoms with Crippen molar-refractivity contribution in [3.8, 4) is 0 Å². The predicted octanol–water partition coefficient (Wildman–Crippen LogP) is 3.11. The molecule has 18 heavy (non-hydrogen) atoms. The molecule has 0 saturated heterocycles. The molecule has 2 rings (SSSR count). The fourth-order valence-corrected chi connectivity index (χ4v) is 2.33. The zero-order chi connectivity index (χ0) is 13.1. The summed E-state index contributed by atoms with van der Waals surface area (Å²) >= 11 is 0. The standard InChI is InChI=1S/C13H15F3N2/c14-9-6-10(15)12(11(16)7-9)13(18-17)8-4-2-1-3-5-8/h4,6-7,13,18H,1-3,5,17H2. The summed E-state index contributed by atoms with van der Waals surface area (Å²) < 4.78 is 40.3. The molecule has 2 nitrogen and oxygen atoms in total. The van der Waals surface area contributed by atoms with Crippen LogP contribution in [0.3, 0.4) is 0 Å². The lowest BCUT2D eigenvalue weighted by atomic mass is 9.89. The SMILES string of the molecule is NNC(C1=CCCCC1)c1c(F)cc(F)cc1F. The monoisotopic (exact) mass is 256 g/mol. The van der Waals surface area contributed by atoms with Gasteiger partial charge in [0.2, 0.25) is 0 Å². The lowest BCUT2D eigenvalue weighted by Gasteiger charge is -2.23. The first-order valence-electron chi connectivity index (χ1n) is 5.93. The normalized spacial score (nSPS) is 17.4. The molecule has 1 aliphatic carbocycles. The van der Waals surface area contributed by atoms with Gasteiger partial charge in [-0.25, -0.2) is 18.6 Å². The van der Waals surface area contributed by atoms with Crippen LogP contribution < -0.4 is 11.3 Å². The van der Waals surface area contributed by atoms with Crippen molar-refractivity contribution < 1.29 is 13.2 Å². The molecule has 3 N–H and O–H groups in total. The Kier molecular flexibility index (Phi) is 4.04. The van der Waals surface area contributed by atoms with Gasteiger partial charge >= 0.3 is 0 Å². The van der Waals surface area contributed by atoms with E-state index in [1.165, 1.54) is 0 Å². The molecule has 0 saturated carbocycles. The minimum atomic E-state index is -0.929. The van der Waals surface area contributed by atoms with Crippen molar-refractivity contribution in [2.45, 2.75) is 31.7 Å². The van der Waals surface area contributed by atoms with Crippen LogP contribution in [0.1, 0.15) is 37.3 Å². The largest absolute Gasteiger partial charge is 0.271 e. The van der Waals surface area contributed by atoms with Gasteiger partial charge in [0.05, 0.1) is 6.04 Å².